The van der Waals surface area contributed by atoms with Crippen LogP contribution in [0.5, 0.6) is 0 Å². The fourth-order valence-corrected chi connectivity index (χ4v) is 1.26. The Hall–Kier alpha value is -2.07. The molecule has 1 nitrogen and oxygen atoms in total. The van der Waals surface area contributed by atoms with Crippen LogP contribution in [0.25, 0.3) is 16.0 Å². The average Bonchev–Trinajstić information content (AvgIpc) is 2.62. The van der Waals surface area contributed by atoms with Gasteiger partial charge in [0.1, 0.15) is 0 Å². The maximum atomic E-state index is 5.83. The summed E-state index contributed by atoms with van der Waals surface area (Å²) >= 11 is 0. The summed E-state index contributed by atoms with van der Waals surface area (Å²) in [7, 11) is 1.42. The summed E-state index contributed by atoms with van der Waals surface area (Å²) in [6.45, 7) is 17.8. The predicted octanol–water partition coefficient (Wildman–Crippen LogP) is 6.97. The lowest BCUT2D eigenvalue weighted by molar-refractivity contribution is 1.50. The van der Waals surface area contributed by atoms with Gasteiger partial charge in [0.05, 0.1) is 0 Å². The van der Waals surface area contributed by atoms with Gasteiger partial charge in [-0.3, -0.25) is 0 Å². The summed E-state index contributed by atoms with van der Waals surface area (Å²) in [5.41, 5.74) is 2.55. The smallest absolute Gasteiger partial charge is 0.205 e. The molecule has 0 aliphatic carbocycles. The second kappa shape index (κ2) is 23.1. The number of benzene rings is 2. The van der Waals surface area contributed by atoms with Gasteiger partial charge in [-0.2, -0.15) is 0 Å². The van der Waals surface area contributed by atoms with Gasteiger partial charge in [-0.1, -0.05) is 102 Å². The lowest BCUT2D eigenvalue weighted by Gasteiger charge is -1.98. The molecule has 0 saturated heterocycles. The van der Waals surface area contributed by atoms with Crippen molar-refractivity contribution in [3.05, 3.63) is 72.1 Å². The van der Waals surface area contributed by atoms with Gasteiger partial charge in [-0.15, -0.1) is 0 Å². The fourth-order valence-electron chi connectivity index (χ4n) is 1.26. The highest BCUT2D eigenvalue weighted by Crippen LogP contribution is 2.17. The van der Waals surface area contributed by atoms with Crippen molar-refractivity contribution in [3.63, 3.8) is 0 Å². The number of rotatable bonds is 1. The first kappa shape index (κ1) is 24.0. The summed E-state index contributed by atoms with van der Waals surface area (Å²) in [5, 5.41) is 0. The summed E-state index contributed by atoms with van der Waals surface area (Å²) in [4.78, 5) is 2.75. The molecule has 0 amide bonds. The third-order valence-electron chi connectivity index (χ3n) is 1.88. The molecule has 0 spiro atoms. The van der Waals surface area contributed by atoms with E-state index in [-0.39, 0.29) is 0 Å². The molecule has 0 heterocycles. The molecule has 0 N–H and O–H groups in total. The van der Waals surface area contributed by atoms with Crippen LogP contribution in [0.15, 0.2) is 60.7 Å². The second-order valence-corrected chi connectivity index (χ2v) is 2.96. The Kier molecular flexibility index (Phi) is 26.3. The molecule has 2 rings (SSSR count). The van der Waals surface area contributed by atoms with Crippen molar-refractivity contribution in [2.24, 2.45) is 0 Å². The van der Waals surface area contributed by atoms with E-state index in [9.17, 15) is 0 Å². The van der Waals surface area contributed by atoms with Gasteiger partial charge >= 0.3 is 0 Å². The van der Waals surface area contributed by atoms with E-state index in [1.54, 1.807) is 0 Å². The van der Waals surface area contributed by atoms with Crippen LogP contribution in [-0.2, 0) is 0 Å². The minimum atomic E-state index is 1.28. The molecular weight excluding hydrogens is 254 g/mol. The predicted molar refractivity (Wildman–Crippen MR) is 98.4 cm³/mol. The van der Waals surface area contributed by atoms with Crippen molar-refractivity contribution in [2.75, 3.05) is 7.05 Å². The quantitative estimate of drug-likeness (QED) is 0.498. The number of nitrogens with zero attached hydrogens (tertiary/aromatic N) is 1. The average molecular weight is 285 g/mol. The molecular formula is C20H31N. The molecule has 0 bridgehead atoms. The molecule has 0 fully saturated rings. The van der Waals surface area contributed by atoms with Crippen LogP contribution in [0.1, 0.15) is 41.5 Å². The summed E-state index contributed by atoms with van der Waals surface area (Å²) in [6, 6.07) is 20.8. The van der Waals surface area contributed by atoms with E-state index in [1.165, 1.54) is 18.2 Å². The standard InChI is InChI=1S/C12H10.C2H3N.3C2H6/c1-3-7-11(8-4-1)12-9-5-2-6-10-12;1-3-2;3*1-2/h1-10H;1H3;3*1-2H3. The molecule has 0 unspecified atom stereocenters. The number of hydrogen-bond acceptors (Lipinski definition) is 0. The Balaban J connectivity index is -0.000000308. The van der Waals surface area contributed by atoms with E-state index in [0.717, 1.165) is 0 Å². The van der Waals surface area contributed by atoms with Crippen molar-refractivity contribution in [1.29, 1.82) is 0 Å². The van der Waals surface area contributed by atoms with Crippen LogP contribution in [0.3, 0.4) is 0 Å². The summed E-state index contributed by atoms with van der Waals surface area (Å²) < 4.78 is 0. The van der Waals surface area contributed by atoms with Gasteiger partial charge in [-0.25, -0.2) is 6.57 Å². The molecule has 0 aromatic heterocycles. The van der Waals surface area contributed by atoms with Crippen molar-refractivity contribution >= 4 is 0 Å². The van der Waals surface area contributed by atoms with Gasteiger partial charge in [0, 0.05) is 0 Å². The lowest BCUT2D eigenvalue weighted by atomic mass is 10.1. The van der Waals surface area contributed by atoms with E-state index in [4.69, 9.17) is 6.57 Å². The van der Waals surface area contributed by atoms with Gasteiger partial charge in [-0.05, 0) is 11.1 Å². The largest absolute Gasteiger partial charge is 0.320 e. The highest BCUT2D eigenvalue weighted by atomic mass is 14.5. The molecule has 2 aromatic carbocycles. The Morgan fingerprint density at radius 2 is 0.762 bits per heavy atom. The molecule has 0 radical (unpaired) electrons. The van der Waals surface area contributed by atoms with Gasteiger partial charge in [0.25, 0.3) is 0 Å². The Morgan fingerprint density at radius 3 is 0.952 bits per heavy atom. The van der Waals surface area contributed by atoms with Crippen LogP contribution < -0.4 is 0 Å². The molecule has 0 aliphatic rings. The minimum Gasteiger partial charge on any atom is -0.320 e. The van der Waals surface area contributed by atoms with E-state index in [2.05, 4.69) is 53.4 Å². The van der Waals surface area contributed by atoms with Gasteiger partial charge in [0.2, 0.25) is 7.05 Å². The molecule has 1 heteroatoms. The second-order valence-electron chi connectivity index (χ2n) is 2.96. The van der Waals surface area contributed by atoms with Crippen molar-refractivity contribution < 1.29 is 0 Å². The Labute approximate surface area is 132 Å². The van der Waals surface area contributed by atoms with Crippen LogP contribution in [-0.4, -0.2) is 7.05 Å². The zero-order valence-corrected chi connectivity index (χ0v) is 14.7. The van der Waals surface area contributed by atoms with Crippen LogP contribution in [0, 0.1) is 6.57 Å². The van der Waals surface area contributed by atoms with Crippen molar-refractivity contribution in [1.82, 2.24) is 0 Å². The zero-order chi connectivity index (χ0) is 16.9. The summed E-state index contributed by atoms with van der Waals surface area (Å²) in [6.07, 6.45) is 0. The highest BCUT2D eigenvalue weighted by Gasteiger charge is 1.91. The fraction of sp³-hybridized carbons (Fsp3) is 0.350. The highest BCUT2D eigenvalue weighted by molar-refractivity contribution is 5.62. The molecule has 116 valence electrons. The Morgan fingerprint density at radius 1 is 0.571 bits per heavy atom. The first-order chi connectivity index (χ1) is 10.4. The normalized spacial score (nSPS) is 6.76. The Bertz CT molecular complexity index is 375. The first-order valence-corrected chi connectivity index (χ1v) is 7.74. The third-order valence-corrected chi connectivity index (χ3v) is 1.88. The van der Waals surface area contributed by atoms with Crippen molar-refractivity contribution in [2.45, 2.75) is 41.5 Å². The molecule has 21 heavy (non-hydrogen) atoms. The summed E-state index contributed by atoms with van der Waals surface area (Å²) in [5.74, 6) is 0. The van der Waals surface area contributed by atoms with Crippen LogP contribution in [0.2, 0.25) is 0 Å². The topological polar surface area (TPSA) is 4.36 Å². The van der Waals surface area contributed by atoms with Gasteiger partial charge < -0.3 is 4.85 Å². The van der Waals surface area contributed by atoms with E-state index >= 15 is 0 Å². The monoisotopic (exact) mass is 285 g/mol. The number of hydrogen-bond donors (Lipinski definition) is 0. The SMILES string of the molecule is CC.CC.CC.[C-]#[N+]C.c1ccc(-c2ccccc2)cc1. The first-order valence-electron chi connectivity index (χ1n) is 7.74. The molecule has 2 aromatic rings. The van der Waals surface area contributed by atoms with E-state index in [1.807, 2.05) is 53.7 Å². The lowest BCUT2D eigenvalue weighted by Crippen LogP contribution is -1.73. The third kappa shape index (κ3) is 14.2. The molecule has 0 saturated carbocycles. The van der Waals surface area contributed by atoms with Crippen LogP contribution in [0.4, 0.5) is 0 Å². The van der Waals surface area contributed by atoms with Crippen molar-refractivity contribution in [3.8, 4) is 11.1 Å². The van der Waals surface area contributed by atoms with Crippen LogP contribution >= 0.6 is 0 Å². The van der Waals surface area contributed by atoms with E-state index in [0.29, 0.717) is 0 Å². The zero-order valence-electron chi connectivity index (χ0n) is 14.7. The minimum absolute atomic E-state index is 1.28. The maximum Gasteiger partial charge on any atom is 0.205 e. The molecule has 0 aliphatic heterocycles. The van der Waals surface area contributed by atoms with Gasteiger partial charge in [0.15, 0.2) is 0 Å². The van der Waals surface area contributed by atoms with E-state index < -0.39 is 0 Å². The molecule has 0 atom stereocenters. The maximum absolute atomic E-state index is 5.83.